The average Bonchev–Trinajstić information content (AvgIpc) is 3.15. The topological polar surface area (TPSA) is 124 Å². The summed E-state index contributed by atoms with van der Waals surface area (Å²) in [6.45, 7) is 2.26. The van der Waals surface area contributed by atoms with Gasteiger partial charge >= 0.3 is 11.9 Å². The molecule has 9 nitrogen and oxygen atoms in total. The summed E-state index contributed by atoms with van der Waals surface area (Å²) < 4.78 is 14.5. The van der Waals surface area contributed by atoms with Crippen LogP contribution in [0.3, 0.4) is 0 Å². The number of rotatable bonds is 12. The SMILES string of the molecule is CCOC(=O)CCCNC(=O)COC(=O)CCCNC(=O)c1ccco1. The second kappa shape index (κ2) is 12.5. The van der Waals surface area contributed by atoms with Crippen LogP contribution in [0.4, 0.5) is 0 Å². The van der Waals surface area contributed by atoms with Gasteiger partial charge in [-0.15, -0.1) is 0 Å². The normalized spacial score (nSPS) is 10.0. The summed E-state index contributed by atoms with van der Waals surface area (Å²) in [5.41, 5.74) is 0. The second-order valence-electron chi connectivity index (χ2n) is 5.26. The van der Waals surface area contributed by atoms with E-state index in [1.807, 2.05) is 0 Å². The number of amides is 2. The summed E-state index contributed by atoms with van der Waals surface area (Å²) in [6.07, 6.45) is 2.53. The minimum absolute atomic E-state index is 0.0779. The zero-order valence-electron chi connectivity index (χ0n) is 14.7. The molecule has 0 saturated carbocycles. The van der Waals surface area contributed by atoms with Crippen LogP contribution in [0.25, 0.3) is 0 Å². The van der Waals surface area contributed by atoms with Crippen molar-refractivity contribution in [3.05, 3.63) is 24.2 Å². The van der Waals surface area contributed by atoms with Crippen LogP contribution in [0.5, 0.6) is 0 Å². The van der Waals surface area contributed by atoms with E-state index in [2.05, 4.69) is 10.6 Å². The zero-order valence-corrected chi connectivity index (χ0v) is 14.7. The Hall–Kier alpha value is -2.84. The van der Waals surface area contributed by atoms with Gasteiger partial charge in [0.2, 0.25) is 0 Å². The Bertz CT molecular complexity index is 584. The Labute approximate surface area is 151 Å². The highest BCUT2D eigenvalue weighted by molar-refractivity contribution is 5.91. The molecule has 1 aromatic rings. The highest BCUT2D eigenvalue weighted by atomic mass is 16.5. The van der Waals surface area contributed by atoms with Gasteiger partial charge in [0.05, 0.1) is 12.9 Å². The number of carbonyl (C=O) groups is 4. The summed E-state index contributed by atoms with van der Waals surface area (Å²) in [5.74, 6) is -1.43. The minimum Gasteiger partial charge on any atom is -0.466 e. The average molecular weight is 368 g/mol. The third-order valence-corrected chi connectivity index (χ3v) is 3.14. The Morgan fingerprint density at radius 1 is 1.00 bits per heavy atom. The molecule has 2 amide bonds. The van der Waals surface area contributed by atoms with E-state index in [0.717, 1.165) is 0 Å². The van der Waals surface area contributed by atoms with E-state index in [1.165, 1.54) is 12.3 Å². The summed E-state index contributed by atoms with van der Waals surface area (Å²) in [5, 5.41) is 5.14. The van der Waals surface area contributed by atoms with Crippen LogP contribution in [0, 0.1) is 0 Å². The first-order valence-electron chi connectivity index (χ1n) is 8.42. The second-order valence-corrected chi connectivity index (χ2v) is 5.26. The monoisotopic (exact) mass is 368 g/mol. The number of hydrogen-bond donors (Lipinski definition) is 2. The fourth-order valence-electron chi connectivity index (χ4n) is 1.89. The molecule has 0 bridgehead atoms. The van der Waals surface area contributed by atoms with E-state index in [9.17, 15) is 19.2 Å². The highest BCUT2D eigenvalue weighted by Gasteiger charge is 2.10. The fraction of sp³-hybridized carbons (Fsp3) is 0.529. The lowest BCUT2D eigenvalue weighted by Gasteiger charge is -2.07. The molecule has 0 unspecified atom stereocenters. The zero-order chi connectivity index (χ0) is 19.2. The molecule has 0 aliphatic heterocycles. The molecule has 2 N–H and O–H groups in total. The van der Waals surface area contributed by atoms with Gasteiger partial charge in [0.25, 0.3) is 11.8 Å². The molecule has 0 radical (unpaired) electrons. The van der Waals surface area contributed by atoms with Crippen molar-refractivity contribution in [1.29, 1.82) is 0 Å². The Morgan fingerprint density at radius 3 is 2.27 bits per heavy atom. The Kier molecular flexibility index (Phi) is 10.2. The van der Waals surface area contributed by atoms with Gasteiger partial charge in [-0.1, -0.05) is 0 Å². The summed E-state index contributed by atoms with van der Waals surface area (Å²) in [7, 11) is 0. The van der Waals surface area contributed by atoms with Crippen molar-refractivity contribution in [2.24, 2.45) is 0 Å². The first-order valence-corrected chi connectivity index (χ1v) is 8.42. The fourth-order valence-corrected chi connectivity index (χ4v) is 1.89. The van der Waals surface area contributed by atoms with Crippen molar-refractivity contribution in [1.82, 2.24) is 10.6 Å². The maximum absolute atomic E-state index is 11.6. The molecule has 9 heteroatoms. The Morgan fingerprint density at radius 2 is 1.65 bits per heavy atom. The van der Waals surface area contributed by atoms with E-state index in [0.29, 0.717) is 26.0 Å². The van der Waals surface area contributed by atoms with Gasteiger partial charge in [0, 0.05) is 25.9 Å². The maximum atomic E-state index is 11.6. The van der Waals surface area contributed by atoms with Crippen LogP contribution in [0.1, 0.15) is 43.2 Å². The number of furan rings is 1. The van der Waals surface area contributed by atoms with Crippen LogP contribution in [0.15, 0.2) is 22.8 Å². The maximum Gasteiger partial charge on any atom is 0.306 e. The molecule has 144 valence electrons. The summed E-state index contributed by atoms with van der Waals surface area (Å²) in [6, 6.07) is 3.14. The summed E-state index contributed by atoms with van der Waals surface area (Å²) in [4.78, 5) is 45.7. The van der Waals surface area contributed by atoms with Crippen molar-refractivity contribution in [3.63, 3.8) is 0 Å². The molecule has 0 aliphatic rings. The van der Waals surface area contributed by atoms with Crippen LogP contribution in [0.2, 0.25) is 0 Å². The van der Waals surface area contributed by atoms with Gasteiger partial charge < -0.3 is 24.5 Å². The van der Waals surface area contributed by atoms with Crippen molar-refractivity contribution in [2.75, 3.05) is 26.3 Å². The first-order chi connectivity index (χ1) is 12.5. The lowest BCUT2D eigenvalue weighted by molar-refractivity contribution is -0.148. The third kappa shape index (κ3) is 9.45. The molecule has 0 saturated heterocycles. The molecule has 1 heterocycles. The number of ether oxygens (including phenoxy) is 2. The molecule has 26 heavy (non-hydrogen) atoms. The molecule has 0 aromatic carbocycles. The number of carbonyl (C=O) groups excluding carboxylic acids is 4. The summed E-state index contributed by atoms with van der Waals surface area (Å²) >= 11 is 0. The predicted octanol–water partition coefficient (Wildman–Crippen LogP) is 0.792. The molecule has 1 rings (SSSR count). The third-order valence-electron chi connectivity index (χ3n) is 3.14. The number of hydrogen-bond acceptors (Lipinski definition) is 7. The first kappa shape index (κ1) is 21.2. The molecular weight excluding hydrogens is 344 g/mol. The lowest BCUT2D eigenvalue weighted by atomic mass is 10.3. The molecule has 0 fully saturated rings. The van der Waals surface area contributed by atoms with E-state index in [1.54, 1.807) is 13.0 Å². The van der Waals surface area contributed by atoms with E-state index in [4.69, 9.17) is 13.9 Å². The molecular formula is C17H24N2O7. The van der Waals surface area contributed by atoms with Crippen molar-refractivity contribution in [3.8, 4) is 0 Å². The minimum atomic E-state index is -0.529. The van der Waals surface area contributed by atoms with E-state index in [-0.39, 0.29) is 43.6 Å². The largest absolute Gasteiger partial charge is 0.466 e. The molecule has 0 spiro atoms. The van der Waals surface area contributed by atoms with Gasteiger partial charge in [-0.3, -0.25) is 19.2 Å². The number of esters is 2. The van der Waals surface area contributed by atoms with Crippen LogP contribution >= 0.6 is 0 Å². The standard InChI is InChI=1S/C17H24N2O7/c1-2-24-15(21)7-3-9-18-14(20)12-26-16(22)8-4-10-19-17(23)13-6-5-11-25-13/h5-6,11H,2-4,7-10,12H2,1H3,(H,18,20)(H,19,23). The smallest absolute Gasteiger partial charge is 0.306 e. The van der Waals surface area contributed by atoms with Gasteiger partial charge in [0.15, 0.2) is 12.4 Å². The molecule has 0 atom stereocenters. The lowest BCUT2D eigenvalue weighted by Crippen LogP contribution is -2.30. The molecule has 1 aromatic heterocycles. The molecule has 0 aliphatic carbocycles. The highest BCUT2D eigenvalue weighted by Crippen LogP contribution is 1.99. The van der Waals surface area contributed by atoms with Crippen LogP contribution in [-0.4, -0.2) is 50.1 Å². The van der Waals surface area contributed by atoms with E-state index >= 15 is 0 Å². The van der Waals surface area contributed by atoms with Gasteiger partial charge in [-0.05, 0) is 31.9 Å². The predicted molar refractivity (Wildman–Crippen MR) is 90.1 cm³/mol. The van der Waals surface area contributed by atoms with Gasteiger partial charge in [-0.2, -0.15) is 0 Å². The van der Waals surface area contributed by atoms with Gasteiger partial charge in [0.1, 0.15) is 0 Å². The number of nitrogens with one attached hydrogen (secondary N) is 2. The van der Waals surface area contributed by atoms with Gasteiger partial charge in [-0.25, -0.2) is 0 Å². The van der Waals surface area contributed by atoms with E-state index < -0.39 is 11.9 Å². The Balaban J connectivity index is 2.01. The van der Waals surface area contributed by atoms with Crippen LogP contribution in [-0.2, 0) is 23.9 Å². The quantitative estimate of drug-likeness (QED) is 0.413. The van der Waals surface area contributed by atoms with Crippen molar-refractivity contribution < 1.29 is 33.1 Å². The van der Waals surface area contributed by atoms with Crippen molar-refractivity contribution in [2.45, 2.75) is 32.6 Å². The van der Waals surface area contributed by atoms with Crippen molar-refractivity contribution >= 4 is 23.8 Å². The van der Waals surface area contributed by atoms with Crippen LogP contribution < -0.4 is 10.6 Å².